The van der Waals surface area contributed by atoms with E-state index in [1.54, 1.807) is 25.6 Å². The molecular formula is C11H18ClN3O2S. The number of rotatable bonds is 3. The van der Waals surface area contributed by atoms with E-state index in [2.05, 4.69) is 5.10 Å². The second-order valence-electron chi connectivity index (χ2n) is 4.80. The van der Waals surface area contributed by atoms with E-state index < -0.39 is 10.0 Å². The maximum atomic E-state index is 12.6. The quantitative estimate of drug-likeness (QED) is 0.789. The third-order valence-electron chi connectivity index (χ3n) is 3.51. The summed E-state index contributed by atoms with van der Waals surface area (Å²) in [5, 5.41) is 4.17. The molecule has 0 amide bonds. The third-order valence-corrected chi connectivity index (χ3v) is 6.06. The summed E-state index contributed by atoms with van der Waals surface area (Å²) >= 11 is 5.80. The van der Waals surface area contributed by atoms with E-state index in [9.17, 15) is 8.42 Å². The Morgan fingerprint density at radius 3 is 2.56 bits per heavy atom. The van der Waals surface area contributed by atoms with Gasteiger partial charge in [-0.15, -0.1) is 11.6 Å². The number of sulfonamides is 1. The molecule has 7 heteroatoms. The lowest BCUT2D eigenvalue weighted by Crippen LogP contribution is -2.29. The fraction of sp³-hybridized carbons (Fsp3) is 0.727. The summed E-state index contributed by atoms with van der Waals surface area (Å²) in [6.45, 7) is 4.57. The molecule has 1 aliphatic rings. The van der Waals surface area contributed by atoms with Crippen molar-refractivity contribution in [1.29, 1.82) is 0 Å². The second kappa shape index (κ2) is 4.83. The lowest BCUT2D eigenvalue weighted by atomic mass is 10.2. The molecule has 0 saturated carbocycles. The third kappa shape index (κ3) is 2.17. The molecule has 2 heterocycles. The highest BCUT2D eigenvalue weighted by molar-refractivity contribution is 7.89. The van der Waals surface area contributed by atoms with Crippen LogP contribution in [0.15, 0.2) is 4.90 Å². The highest BCUT2D eigenvalue weighted by Crippen LogP contribution is 2.28. The first-order chi connectivity index (χ1) is 8.37. The van der Waals surface area contributed by atoms with Gasteiger partial charge >= 0.3 is 0 Å². The van der Waals surface area contributed by atoms with E-state index in [0.29, 0.717) is 35.3 Å². The molecular weight excluding hydrogens is 274 g/mol. The Balaban J connectivity index is 2.37. The van der Waals surface area contributed by atoms with Gasteiger partial charge < -0.3 is 0 Å². The van der Waals surface area contributed by atoms with Gasteiger partial charge in [-0.2, -0.15) is 9.40 Å². The molecule has 0 aliphatic carbocycles. The Hall–Kier alpha value is -0.590. The van der Waals surface area contributed by atoms with Gasteiger partial charge in [0.1, 0.15) is 4.90 Å². The Morgan fingerprint density at radius 2 is 2.11 bits per heavy atom. The minimum Gasteiger partial charge on any atom is -0.271 e. The molecule has 0 radical (unpaired) electrons. The molecule has 1 aromatic heterocycles. The number of aryl methyl sites for hydroxylation is 2. The predicted molar refractivity (Wildman–Crippen MR) is 70.3 cm³/mol. The van der Waals surface area contributed by atoms with Crippen molar-refractivity contribution in [3.05, 3.63) is 11.4 Å². The van der Waals surface area contributed by atoms with Crippen molar-refractivity contribution in [1.82, 2.24) is 14.1 Å². The lowest BCUT2D eigenvalue weighted by molar-refractivity contribution is 0.464. The van der Waals surface area contributed by atoms with E-state index in [-0.39, 0.29) is 5.92 Å². The highest BCUT2D eigenvalue weighted by atomic mass is 35.5. The van der Waals surface area contributed by atoms with Crippen molar-refractivity contribution in [2.45, 2.75) is 25.2 Å². The molecule has 1 fully saturated rings. The molecule has 1 atom stereocenters. The normalized spacial score (nSPS) is 21.7. The summed E-state index contributed by atoms with van der Waals surface area (Å²) in [5.41, 5.74) is 1.24. The van der Waals surface area contributed by atoms with Gasteiger partial charge in [-0.1, -0.05) is 0 Å². The van der Waals surface area contributed by atoms with Crippen LogP contribution < -0.4 is 0 Å². The first-order valence-corrected chi connectivity index (χ1v) is 7.91. The largest absolute Gasteiger partial charge is 0.271 e. The first-order valence-electron chi connectivity index (χ1n) is 5.94. The number of alkyl halides is 1. The fourth-order valence-electron chi connectivity index (χ4n) is 2.40. The van der Waals surface area contributed by atoms with Crippen molar-refractivity contribution in [3.8, 4) is 0 Å². The molecule has 0 aromatic carbocycles. The molecule has 1 aliphatic heterocycles. The minimum absolute atomic E-state index is 0.263. The minimum atomic E-state index is -3.43. The van der Waals surface area contributed by atoms with Crippen LogP contribution in [0.1, 0.15) is 17.8 Å². The fourth-order valence-corrected chi connectivity index (χ4v) is 4.58. The van der Waals surface area contributed by atoms with Crippen molar-refractivity contribution >= 4 is 21.6 Å². The van der Waals surface area contributed by atoms with Gasteiger partial charge in [-0.25, -0.2) is 8.42 Å². The summed E-state index contributed by atoms with van der Waals surface area (Å²) in [5.74, 6) is 0.774. The van der Waals surface area contributed by atoms with Gasteiger partial charge in [0.05, 0.1) is 11.4 Å². The number of halogens is 1. The van der Waals surface area contributed by atoms with Crippen molar-refractivity contribution in [3.63, 3.8) is 0 Å². The number of hydrogen-bond donors (Lipinski definition) is 0. The highest BCUT2D eigenvalue weighted by Gasteiger charge is 2.35. The lowest BCUT2D eigenvalue weighted by Gasteiger charge is -2.16. The summed E-state index contributed by atoms with van der Waals surface area (Å²) in [4.78, 5) is 0.347. The molecule has 5 nitrogen and oxygen atoms in total. The summed E-state index contributed by atoms with van der Waals surface area (Å²) < 4.78 is 28.3. The molecule has 1 aromatic rings. The van der Waals surface area contributed by atoms with E-state index in [4.69, 9.17) is 11.6 Å². The summed E-state index contributed by atoms with van der Waals surface area (Å²) in [6, 6.07) is 0. The zero-order valence-corrected chi connectivity index (χ0v) is 12.4. The SMILES string of the molecule is Cc1nn(C)c(C)c1S(=O)(=O)N1CCC(CCl)C1. The van der Waals surface area contributed by atoms with Gasteiger partial charge in [0, 0.05) is 26.0 Å². The van der Waals surface area contributed by atoms with Gasteiger partial charge in [0.2, 0.25) is 10.0 Å². The smallest absolute Gasteiger partial charge is 0.246 e. The number of aromatic nitrogens is 2. The van der Waals surface area contributed by atoms with Crippen molar-refractivity contribution in [2.24, 2.45) is 13.0 Å². The van der Waals surface area contributed by atoms with Crippen LogP contribution in [-0.4, -0.2) is 41.5 Å². The molecule has 1 saturated heterocycles. The maximum Gasteiger partial charge on any atom is 0.246 e. The molecule has 0 N–H and O–H groups in total. The van der Waals surface area contributed by atoms with Crippen LogP contribution in [0, 0.1) is 19.8 Å². The van der Waals surface area contributed by atoms with E-state index in [1.807, 2.05) is 0 Å². The molecule has 0 spiro atoms. The van der Waals surface area contributed by atoms with Gasteiger partial charge in [-0.05, 0) is 26.2 Å². The first kappa shape index (κ1) is 13.8. The van der Waals surface area contributed by atoms with E-state index >= 15 is 0 Å². The van der Waals surface area contributed by atoms with Crippen LogP contribution in [0.2, 0.25) is 0 Å². The van der Waals surface area contributed by atoms with Crippen LogP contribution in [0.5, 0.6) is 0 Å². The van der Waals surface area contributed by atoms with Crippen LogP contribution in [0.4, 0.5) is 0 Å². The molecule has 1 unspecified atom stereocenters. The maximum absolute atomic E-state index is 12.6. The van der Waals surface area contributed by atoms with E-state index in [0.717, 1.165) is 6.42 Å². The second-order valence-corrected chi connectivity index (χ2v) is 6.98. The van der Waals surface area contributed by atoms with Crippen LogP contribution in [0.3, 0.4) is 0 Å². The van der Waals surface area contributed by atoms with E-state index in [1.165, 1.54) is 4.31 Å². The Morgan fingerprint density at radius 1 is 1.44 bits per heavy atom. The zero-order chi connectivity index (χ0) is 13.5. The van der Waals surface area contributed by atoms with Gasteiger partial charge in [0.15, 0.2) is 0 Å². The topological polar surface area (TPSA) is 55.2 Å². The Labute approximate surface area is 113 Å². The predicted octanol–water partition coefficient (Wildman–Crippen LogP) is 1.29. The van der Waals surface area contributed by atoms with Crippen LogP contribution in [0.25, 0.3) is 0 Å². The van der Waals surface area contributed by atoms with Gasteiger partial charge in [0.25, 0.3) is 0 Å². The van der Waals surface area contributed by atoms with Crippen molar-refractivity contribution in [2.75, 3.05) is 19.0 Å². The Bertz CT molecular complexity index is 553. The molecule has 102 valence electrons. The Kier molecular flexibility index (Phi) is 3.71. The van der Waals surface area contributed by atoms with Crippen LogP contribution >= 0.6 is 11.6 Å². The average molecular weight is 292 g/mol. The molecule has 0 bridgehead atoms. The standard InChI is InChI=1S/C11H18ClN3O2S/c1-8-11(9(2)14(3)13-8)18(16,17)15-5-4-10(6-12)7-15/h10H,4-7H2,1-3H3. The number of nitrogens with zero attached hydrogens (tertiary/aromatic N) is 3. The molecule has 2 rings (SSSR count). The summed E-state index contributed by atoms with van der Waals surface area (Å²) in [6.07, 6.45) is 0.834. The molecule has 18 heavy (non-hydrogen) atoms. The monoisotopic (exact) mass is 291 g/mol. The average Bonchev–Trinajstić information content (AvgIpc) is 2.85. The summed E-state index contributed by atoms with van der Waals surface area (Å²) in [7, 11) is -1.67. The number of hydrogen-bond acceptors (Lipinski definition) is 3. The van der Waals surface area contributed by atoms with Gasteiger partial charge in [-0.3, -0.25) is 4.68 Å². The van der Waals surface area contributed by atoms with Crippen molar-refractivity contribution < 1.29 is 8.42 Å². The zero-order valence-electron chi connectivity index (χ0n) is 10.9. The van der Waals surface area contributed by atoms with Crippen LogP contribution in [-0.2, 0) is 17.1 Å².